The van der Waals surface area contributed by atoms with Gasteiger partial charge in [0.25, 0.3) is 0 Å². The third-order valence-corrected chi connectivity index (χ3v) is 21.1. The number of hydrogen-bond acceptors (Lipinski definition) is 0. The van der Waals surface area contributed by atoms with Crippen LogP contribution in [0.4, 0.5) is 0 Å². The summed E-state index contributed by atoms with van der Waals surface area (Å²) in [6.45, 7) is 26.7. The standard InChI is InChI=1S/C25H25.C11H17.C6H10.2ClH.Zr/c1-14-12-24(3,4)22-8-16-7-17-9-23-19(15(2)13-25(23,5)6)11-21(17)20(16)10-18(14)22;1-8-6-9(2)10(7-8)11(3,4)5;1-2-4-6-5-3-1;;;/h7-13H,1-6H3;7-8H,1-5H3;1-5H2;2*1H;/q;;;;;+2/p-2. The SMILES string of the molecule is CC1=CC(C)(C)c2cc3c(cc21)-c1cc2c(cc1[CH]3[Zr+2]([C]1=C(C)C(C(C)(C)C)=CC1C)=[C]1CCCCC1)C(C)(C)C=C2C.[Cl-].[Cl-]. The Balaban J connectivity index is 0.00000200. The van der Waals surface area contributed by atoms with E-state index in [2.05, 4.69) is 119 Å². The molecule has 5 aliphatic carbocycles. The Bertz CT molecular complexity index is 1670. The molecule has 0 radical (unpaired) electrons. The smallest absolute Gasteiger partial charge is 1.00 e. The molecule has 0 heterocycles. The topological polar surface area (TPSA) is 0 Å². The average Bonchev–Trinajstić information content (AvgIpc) is 3.55. The summed E-state index contributed by atoms with van der Waals surface area (Å²) in [6.07, 6.45) is 14.7. The van der Waals surface area contributed by atoms with E-state index in [1.165, 1.54) is 54.4 Å². The van der Waals surface area contributed by atoms with Gasteiger partial charge in [-0.1, -0.05) is 0 Å². The number of fused-ring (bicyclic) bond motifs is 5. The molecule has 0 nitrogen and oxygen atoms in total. The van der Waals surface area contributed by atoms with Gasteiger partial charge in [0.2, 0.25) is 0 Å². The first-order chi connectivity index (χ1) is 20.1. The summed E-state index contributed by atoms with van der Waals surface area (Å²) in [5, 5.41) is 0. The van der Waals surface area contributed by atoms with Gasteiger partial charge < -0.3 is 24.8 Å². The molecule has 3 heteroatoms. The maximum atomic E-state index is 2.72. The van der Waals surface area contributed by atoms with E-state index in [1.54, 1.807) is 44.5 Å². The maximum absolute atomic E-state index is 2.72. The molecule has 7 rings (SSSR count). The van der Waals surface area contributed by atoms with Gasteiger partial charge in [-0.3, -0.25) is 0 Å². The summed E-state index contributed by atoms with van der Waals surface area (Å²) >= 11 is -2.43. The minimum absolute atomic E-state index is 0. The van der Waals surface area contributed by atoms with Gasteiger partial charge in [0.05, 0.1) is 0 Å². The van der Waals surface area contributed by atoms with E-state index in [1.807, 2.05) is 6.49 Å². The predicted molar refractivity (Wildman–Crippen MR) is 185 cm³/mol. The fraction of sp³-hybridized carbons (Fsp3) is 0.500. The van der Waals surface area contributed by atoms with E-state index in [0.717, 1.165) is 0 Å². The second-order valence-corrected chi connectivity index (χ2v) is 23.3. The molecule has 0 spiro atoms. The van der Waals surface area contributed by atoms with Crippen LogP contribution in [-0.4, -0.2) is 3.21 Å². The first-order valence-corrected chi connectivity index (χ1v) is 20.9. The molecule has 1 atom stereocenters. The third-order valence-electron chi connectivity index (χ3n) is 11.6. The largest absolute Gasteiger partial charge is 1.00 e. The molecule has 5 aliphatic rings. The zero-order valence-corrected chi connectivity index (χ0v) is 33.5. The van der Waals surface area contributed by atoms with Gasteiger partial charge in [-0.2, -0.15) is 0 Å². The molecule has 45 heavy (non-hydrogen) atoms. The third kappa shape index (κ3) is 5.39. The van der Waals surface area contributed by atoms with Crippen LogP contribution in [0, 0.1) is 11.3 Å². The van der Waals surface area contributed by atoms with Crippen LogP contribution in [0.2, 0.25) is 0 Å². The minimum atomic E-state index is -2.43. The second-order valence-electron chi connectivity index (χ2n) is 16.7. The van der Waals surface area contributed by atoms with Gasteiger partial charge >= 0.3 is 271 Å². The van der Waals surface area contributed by atoms with E-state index >= 15 is 0 Å². The van der Waals surface area contributed by atoms with Crippen LogP contribution < -0.4 is 24.8 Å². The number of allylic oxidation sites excluding steroid dienone is 8. The minimum Gasteiger partial charge on any atom is -1.00 e. The summed E-state index contributed by atoms with van der Waals surface area (Å²) in [4.78, 5) is 0. The second kappa shape index (κ2) is 11.7. The van der Waals surface area contributed by atoms with E-state index < -0.39 is 21.3 Å². The molecular weight excluding hydrogens is 667 g/mol. The Kier molecular flexibility index (Phi) is 9.12. The van der Waals surface area contributed by atoms with E-state index in [-0.39, 0.29) is 41.1 Å². The van der Waals surface area contributed by atoms with Crippen molar-refractivity contribution in [2.24, 2.45) is 11.3 Å². The Hall–Kier alpha value is -1.27. The Morgan fingerprint density at radius 3 is 1.58 bits per heavy atom. The molecule has 0 N–H and O–H groups in total. The fourth-order valence-corrected chi connectivity index (χ4v) is 20.1. The van der Waals surface area contributed by atoms with Crippen molar-refractivity contribution < 1.29 is 46.1 Å². The molecule has 1 fully saturated rings. The molecule has 0 aliphatic heterocycles. The molecule has 1 unspecified atom stereocenters. The molecule has 1 saturated carbocycles. The van der Waals surface area contributed by atoms with Crippen molar-refractivity contribution in [3.05, 3.63) is 90.3 Å². The normalized spacial score (nSPS) is 22.3. The Morgan fingerprint density at radius 2 is 1.16 bits per heavy atom. The van der Waals surface area contributed by atoms with Crippen LogP contribution in [0.3, 0.4) is 0 Å². The summed E-state index contributed by atoms with van der Waals surface area (Å²) in [7, 11) is 0. The Labute approximate surface area is 293 Å². The average molecular weight is 719 g/mol. The first-order valence-electron chi connectivity index (χ1n) is 17.0. The van der Waals surface area contributed by atoms with Crippen LogP contribution in [0.5, 0.6) is 0 Å². The van der Waals surface area contributed by atoms with Crippen molar-refractivity contribution in [1.82, 2.24) is 0 Å². The van der Waals surface area contributed by atoms with Crippen molar-refractivity contribution in [1.29, 1.82) is 0 Å². The number of hydrogen-bond donors (Lipinski definition) is 0. The molecule has 238 valence electrons. The van der Waals surface area contributed by atoms with Gasteiger partial charge in [-0.25, -0.2) is 0 Å². The van der Waals surface area contributed by atoms with Crippen LogP contribution in [0.1, 0.15) is 145 Å². The number of halogens is 2. The van der Waals surface area contributed by atoms with Crippen LogP contribution in [0.25, 0.3) is 22.3 Å². The van der Waals surface area contributed by atoms with Crippen molar-refractivity contribution >= 4 is 14.4 Å². The number of benzene rings is 2. The molecule has 2 aromatic carbocycles. The van der Waals surface area contributed by atoms with E-state index in [0.29, 0.717) is 9.54 Å². The zero-order valence-electron chi connectivity index (χ0n) is 29.5. The summed E-state index contributed by atoms with van der Waals surface area (Å²) in [6, 6.07) is 10.7. The number of rotatable bonds is 2. The van der Waals surface area contributed by atoms with Crippen molar-refractivity contribution in [2.45, 2.75) is 123 Å². The van der Waals surface area contributed by atoms with Crippen LogP contribution >= 0.6 is 0 Å². The maximum Gasteiger partial charge on any atom is -1.00 e. The molecule has 0 aromatic heterocycles. The predicted octanol–water partition coefficient (Wildman–Crippen LogP) is 5.80. The van der Waals surface area contributed by atoms with Gasteiger partial charge in [0.15, 0.2) is 0 Å². The molecular formula is C42H52Cl2Zr. The summed E-state index contributed by atoms with van der Waals surface area (Å²) < 4.78 is 4.51. The first kappa shape index (κ1) is 35.1. The van der Waals surface area contributed by atoms with Crippen molar-refractivity contribution in [3.8, 4) is 11.1 Å². The van der Waals surface area contributed by atoms with Crippen LogP contribution in [-0.2, 0) is 32.1 Å². The molecule has 0 amide bonds. The molecule has 2 aromatic rings. The van der Waals surface area contributed by atoms with Gasteiger partial charge in [-0.15, -0.1) is 0 Å². The summed E-state index contributed by atoms with van der Waals surface area (Å²) in [5.74, 6) is 0.565. The van der Waals surface area contributed by atoms with E-state index in [9.17, 15) is 0 Å². The van der Waals surface area contributed by atoms with Gasteiger partial charge in [-0.05, 0) is 0 Å². The summed E-state index contributed by atoms with van der Waals surface area (Å²) in [5.41, 5.74) is 19.1. The quantitative estimate of drug-likeness (QED) is 0.369. The molecule has 0 saturated heterocycles. The van der Waals surface area contributed by atoms with Crippen molar-refractivity contribution in [3.63, 3.8) is 0 Å². The fourth-order valence-electron chi connectivity index (χ4n) is 9.77. The van der Waals surface area contributed by atoms with E-state index in [4.69, 9.17) is 0 Å². The molecule has 0 bridgehead atoms. The van der Waals surface area contributed by atoms with Gasteiger partial charge in [0, 0.05) is 0 Å². The zero-order chi connectivity index (χ0) is 30.8. The Morgan fingerprint density at radius 1 is 0.689 bits per heavy atom. The van der Waals surface area contributed by atoms with Gasteiger partial charge in [0.1, 0.15) is 0 Å². The van der Waals surface area contributed by atoms with Crippen LogP contribution in [0.15, 0.2) is 56.9 Å². The van der Waals surface area contributed by atoms with Crippen molar-refractivity contribution in [2.75, 3.05) is 0 Å². The monoisotopic (exact) mass is 716 g/mol.